The summed E-state index contributed by atoms with van der Waals surface area (Å²) in [6.45, 7) is 2.26. The Labute approximate surface area is 125 Å². The monoisotopic (exact) mass is 296 g/mol. The highest BCUT2D eigenvalue weighted by Gasteiger charge is 2.24. The number of nitrogens with two attached hydrogens (primary N) is 1. The summed E-state index contributed by atoms with van der Waals surface area (Å²) in [5.74, 6) is 0.729. The second kappa shape index (κ2) is 6.58. The van der Waals surface area contributed by atoms with Gasteiger partial charge in [0.25, 0.3) is 0 Å². The Morgan fingerprint density at radius 3 is 2.84 bits per heavy atom. The maximum absolute atomic E-state index is 6.20. The van der Waals surface area contributed by atoms with Gasteiger partial charge in [-0.15, -0.1) is 0 Å². The van der Waals surface area contributed by atoms with E-state index in [0.29, 0.717) is 16.1 Å². The van der Waals surface area contributed by atoms with E-state index in [1.807, 2.05) is 18.2 Å². The lowest BCUT2D eigenvalue weighted by molar-refractivity contribution is 0.317. The van der Waals surface area contributed by atoms with Crippen LogP contribution in [0.15, 0.2) is 18.2 Å². The summed E-state index contributed by atoms with van der Waals surface area (Å²) in [4.78, 5) is 0.358. The molecule has 1 fully saturated rings. The summed E-state index contributed by atoms with van der Waals surface area (Å²) in [5.41, 5.74) is 7.55. The quantitative estimate of drug-likeness (QED) is 0.811. The van der Waals surface area contributed by atoms with Gasteiger partial charge in [-0.25, -0.2) is 0 Å². The largest absolute Gasteiger partial charge is 0.389 e. The minimum Gasteiger partial charge on any atom is -0.389 e. The van der Waals surface area contributed by atoms with E-state index in [0.717, 1.165) is 17.2 Å². The molecule has 0 aromatic heterocycles. The zero-order valence-corrected chi connectivity index (χ0v) is 12.9. The molecule has 3 N–H and O–H groups in total. The molecule has 0 spiro atoms. The lowest BCUT2D eigenvalue weighted by Gasteiger charge is -2.33. The molecule has 104 valence electrons. The van der Waals surface area contributed by atoms with Gasteiger partial charge >= 0.3 is 0 Å². The van der Waals surface area contributed by atoms with Crippen molar-refractivity contribution in [2.75, 3.05) is 5.32 Å². The summed E-state index contributed by atoms with van der Waals surface area (Å²) in [7, 11) is 0. The van der Waals surface area contributed by atoms with Gasteiger partial charge in [0.05, 0.1) is 10.6 Å². The van der Waals surface area contributed by atoms with Crippen molar-refractivity contribution in [3.63, 3.8) is 0 Å². The molecule has 1 aromatic rings. The lowest BCUT2D eigenvalue weighted by Crippen LogP contribution is -2.32. The molecule has 19 heavy (non-hydrogen) atoms. The van der Waals surface area contributed by atoms with E-state index in [1.54, 1.807) is 0 Å². The van der Waals surface area contributed by atoms with Gasteiger partial charge in [0, 0.05) is 11.7 Å². The van der Waals surface area contributed by atoms with E-state index in [1.165, 1.54) is 32.1 Å². The first kappa shape index (κ1) is 14.6. The zero-order chi connectivity index (χ0) is 13.8. The van der Waals surface area contributed by atoms with E-state index in [9.17, 15) is 0 Å². The Morgan fingerprint density at radius 1 is 1.42 bits per heavy atom. The third-order valence-electron chi connectivity index (χ3n) is 4.03. The molecular formula is C15H21ClN2S. The molecule has 0 aliphatic heterocycles. The topological polar surface area (TPSA) is 38.0 Å². The van der Waals surface area contributed by atoms with Crippen LogP contribution in [0.2, 0.25) is 5.02 Å². The minimum absolute atomic E-state index is 0.358. The second-order valence-electron chi connectivity index (χ2n) is 5.23. The third-order valence-corrected chi connectivity index (χ3v) is 4.55. The number of nitrogens with one attached hydrogen (secondary N) is 1. The van der Waals surface area contributed by atoms with Gasteiger partial charge in [-0.3, -0.25) is 0 Å². The Balaban J connectivity index is 2.22. The van der Waals surface area contributed by atoms with Gasteiger partial charge in [0.15, 0.2) is 0 Å². The number of hydrogen-bond donors (Lipinski definition) is 2. The van der Waals surface area contributed by atoms with Gasteiger partial charge in [-0.1, -0.05) is 56.1 Å². The van der Waals surface area contributed by atoms with Gasteiger partial charge < -0.3 is 11.1 Å². The van der Waals surface area contributed by atoms with Crippen molar-refractivity contribution in [2.45, 2.75) is 45.1 Å². The Hall–Kier alpha value is -0.800. The van der Waals surface area contributed by atoms with Crippen LogP contribution >= 0.6 is 23.8 Å². The van der Waals surface area contributed by atoms with Crippen LogP contribution in [0.3, 0.4) is 0 Å². The Kier molecular flexibility index (Phi) is 5.06. The average molecular weight is 297 g/mol. The fourth-order valence-electron chi connectivity index (χ4n) is 2.98. The molecule has 2 rings (SSSR count). The predicted octanol–water partition coefficient (Wildman–Crippen LogP) is 4.35. The van der Waals surface area contributed by atoms with E-state index in [4.69, 9.17) is 29.6 Å². The molecule has 0 amide bonds. The number of rotatable bonds is 4. The van der Waals surface area contributed by atoms with E-state index in [2.05, 4.69) is 12.2 Å². The Morgan fingerprint density at radius 2 is 2.16 bits per heavy atom. The normalized spacial score (nSPS) is 23.1. The van der Waals surface area contributed by atoms with Crippen LogP contribution in [-0.2, 0) is 0 Å². The summed E-state index contributed by atoms with van der Waals surface area (Å²) in [6.07, 6.45) is 6.35. The molecule has 0 saturated heterocycles. The molecule has 1 saturated carbocycles. The van der Waals surface area contributed by atoms with Crippen molar-refractivity contribution in [3.05, 3.63) is 28.8 Å². The van der Waals surface area contributed by atoms with Crippen LogP contribution < -0.4 is 11.1 Å². The molecule has 0 heterocycles. The fourth-order valence-corrected chi connectivity index (χ4v) is 3.53. The van der Waals surface area contributed by atoms with E-state index >= 15 is 0 Å². The first-order valence-electron chi connectivity index (χ1n) is 6.98. The molecule has 4 heteroatoms. The molecule has 2 atom stereocenters. The minimum atomic E-state index is 0.358. The van der Waals surface area contributed by atoms with Crippen molar-refractivity contribution in [3.8, 4) is 0 Å². The number of benzene rings is 1. The van der Waals surface area contributed by atoms with Crippen molar-refractivity contribution in [1.29, 1.82) is 0 Å². The number of thiocarbonyl (C=S) groups is 1. The van der Waals surface area contributed by atoms with E-state index in [-0.39, 0.29) is 0 Å². The average Bonchev–Trinajstić information content (AvgIpc) is 2.39. The van der Waals surface area contributed by atoms with Gasteiger partial charge in [0.1, 0.15) is 4.99 Å². The first-order chi connectivity index (χ1) is 9.13. The number of anilines is 1. The molecule has 1 aliphatic carbocycles. The van der Waals surface area contributed by atoms with Crippen molar-refractivity contribution >= 4 is 34.5 Å². The summed E-state index contributed by atoms with van der Waals surface area (Å²) < 4.78 is 0. The molecular weight excluding hydrogens is 276 g/mol. The van der Waals surface area contributed by atoms with Gasteiger partial charge in [-0.2, -0.15) is 0 Å². The summed E-state index contributed by atoms with van der Waals surface area (Å²) >= 11 is 11.3. The standard InChI is InChI=1S/C15H21ClN2S/c1-2-10-6-3-4-8-12(10)18-13-9-5-7-11(16)14(13)15(17)19/h5,7,9-10,12,18H,2-4,6,8H2,1H3,(H2,17,19). The zero-order valence-electron chi connectivity index (χ0n) is 11.3. The summed E-state index contributed by atoms with van der Waals surface area (Å²) in [5, 5.41) is 4.25. The van der Waals surface area contributed by atoms with Crippen LogP contribution in [0.1, 0.15) is 44.6 Å². The predicted molar refractivity (Wildman–Crippen MR) is 87.0 cm³/mol. The van der Waals surface area contributed by atoms with Gasteiger partial charge in [-0.05, 0) is 30.9 Å². The second-order valence-corrected chi connectivity index (χ2v) is 6.08. The van der Waals surface area contributed by atoms with Crippen molar-refractivity contribution in [1.82, 2.24) is 0 Å². The summed E-state index contributed by atoms with van der Waals surface area (Å²) in [6, 6.07) is 6.29. The third kappa shape index (κ3) is 3.40. The molecule has 1 aliphatic rings. The van der Waals surface area contributed by atoms with Crippen molar-refractivity contribution in [2.24, 2.45) is 11.7 Å². The maximum atomic E-state index is 6.20. The fraction of sp³-hybridized carbons (Fsp3) is 0.533. The number of hydrogen-bond acceptors (Lipinski definition) is 2. The van der Waals surface area contributed by atoms with Crippen LogP contribution in [0, 0.1) is 5.92 Å². The maximum Gasteiger partial charge on any atom is 0.107 e. The van der Waals surface area contributed by atoms with Crippen LogP contribution in [0.5, 0.6) is 0 Å². The lowest BCUT2D eigenvalue weighted by atomic mass is 9.82. The van der Waals surface area contributed by atoms with Crippen LogP contribution in [-0.4, -0.2) is 11.0 Å². The molecule has 0 bridgehead atoms. The number of halogens is 1. The molecule has 2 unspecified atom stereocenters. The Bertz CT molecular complexity index is 461. The molecule has 1 aromatic carbocycles. The van der Waals surface area contributed by atoms with Gasteiger partial charge in [0.2, 0.25) is 0 Å². The van der Waals surface area contributed by atoms with Crippen molar-refractivity contribution < 1.29 is 0 Å². The highest BCUT2D eigenvalue weighted by atomic mass is 35.5. The smallest absolute Gasteiger partial charge is 0.107 e. The highest BCUT2D eigenvalue weighted by molar-refractivity contribution is 7.80. The van der Waals surface area contributed by atoms with E-state index < -0.39 is 0 Å². The SMILES string of the molecule is CCC1CCCCC1Nc1cccc(Cl)c1C(N)=S. The first-order valence-corrected chi connectivity index (χ1v) is 7.77. The van der Waals surface area contributed by atoms with Crippen LogP contribution in [0.25, 0.3) is 0 Å². The van der Waals surface area contributed by atoms with Crippen LogP contribution in [0.4, 0.5) is 5.69 Å². The molecule has 2 nitrogen and oxygen atoms in total. The highest BCUT2D eigenvalue weighted by Crippen LogP contribution is 2.32. The molecule has 0 radical (unpaired) electrons.